The number of furan rings is 1. The first-order chi connectivity index (χ1) is 12.7. The highest BCUT2D eigenvalue weighted by atomic mass is 32.2. The van der Waals surface area contributed by atoms with E-state index in [4.69, 9.17) is 4.42 Å². The Morgan fingerprint density at radius 1 is 0.963 bits per heavy atom. The Hall–Kier alpha value is -3.13. The van der Waals surface area contributed by atoms with Gasteiger partial charge in [-0.25, -0.2) is 8.42 Å². The SMILES string of the molecule is Cc1c(C(=O)NNC(=O)c2ccc(CS(C)(=O)=O)cc2)oc2ccccc12. The lowest BCUT2D eigenvalue weighted by atomic mass is 10.1. The van der Waals surface area contributed by atoms with Gasteiger partial charge in [0.2, 0.25) is 0 Å². The molecule has 0 aliphatic rings. The summed E-state index contributed by atoms with van der Waals surface area (Å²) >= 11 is 0. The number of amides is 2. The molecule has 3 aromatic rings. The Labute approximate surface area is 156 Å². The molecule has 1 heterocycles. The van der Waals surface area contributed by atoms with Crippen LogP contribution in [0.1, 0.15) is 32.0 Å². The van der Waals surface area contributed by atoms with E-state index in [1.165, 1.54) is 12.1 Å². The van der Waals surface area contributed by atoms with Crippen molar-refractivity contribution in [3.05, 3.63) is 71.0 Å². The van der Waals surface area contributed by atoms with Gasteiger partial charge in [-0.05, 0) is 30.7 Å². The van der Waals surface area contributed by atoms with E-state index in [1.807, 2.05) is 18.2 Å². The highest BCUT2D eigenvalue weighted by molar-refractivity contribution is 7.89. The van der Waals surface area contributed by atoms with Crippen molar-refractivity contribution in [3.8, 4) is 0 Å². The minimum absolute atomic E-state index is 0.100. The zero-order valence-corrected chi connectivity index (χ0v) is 15.6. The normalized spacial score (nSPS) is 11.3. The van der Waals surface area contributed by atoms with Crippen LogP contribution in [0.2, 0.25) is 0 Å². The van der Waals surface area contributed by atoms with Crippen LogP contribution in [0, 0.1) is 6.92 Å². The molecule has 0 spiro atoms. The summed E-state index contributed by atoms with van der Waals surface area (Å²) in [5.74, 6) is -1.06. The van der Waals surface area contributed by atoms with Crippen molar-refractivity contribution < 1.29 is 22.4 Å². The molecule has 8 heteroatoms. The molecule has 0 aliphatic heterocycles. The number of sulfone groups is 1. The van der Waals surface area contributed by atoms with E-state index in [-0.39, 0.29) is 17.1 Å². The first-order valence-electron chi connectivity index (χ1n) is 8.10. The van der Waals surface area contributed by atoms with Crippen LogP contribution >= 0.6 is 0 Å². The lowest BCUT2D eigenvalue weighted by Gasteiger charge is -2.07. The lowest BCUT2D eigenvalue weighted by molar-refractivity contribution is 0.0831. The topological polar surface area (TPSA) is 105 Å². The summed E-state index contributed by atoms with van der Waals surface area (Å²) in [5.41, 5.74) is 6.78. The van der Waals surface area contributed by atoms with Crippen LogP contribution in [0.4, 0.5) is 0 Å². The van der Waals surface area contributed by atoms with Gasteiger partial charge >= 0.3 is 5.91 Å². The predicted octanol–water partition coefficient (Wildman–Crippen LogP) is 2.36. The van der Waals surface area contributed by atoms with Crippen LogP contribution in [0.25, 0.3) is 11.0 Å². The molecule has 0 radical (unpaired) electrons. The van der Waals surface area contributed by atoms with E-state index in [2.05, 4.69) is 10.9 Å². The molecular weight excluding hydrogens is 368 g/mol. The largest absolute Gasteiger partial charge is 0.451 e. The number of rotatable bonds is 4. The number of para-hydroxylation sites is 1. The molecule has 3 rings (SSSR count). The molecule has 27 heavy (non-hydrogen) atoms. The predicted molar refractivity (Wildman–Crippen MR) is 101 cm³/mol. The average Bonchev–Trinajstić information content (AvgIpc) is 2.96. The first-order valence-corrected chi connectivity index (χ1v) is 10.2. The van der Waals surface area contributed by atoms with Crippen LogP contribution in [0.3, 0.4) is 0 Å². The van der Waals surface area contributed by atoms with Gasteiger partial charge < -0.3 is 4.42 Å². The number of hydrogen-bond acceptors (Lipinski definition) is 5. The molecule has 140 valence electrons. The van der Waals surface area contributed by atoms with E-state index >= 15 is 0 Å². The number of aryl methyl sites for hydroxylation is 1. The van der Waals surface area contributed by atoms with E-state index in [1.54, 1.807) is 25.1 Å². The molecule has 0 bridgehead atoms. The molecule has 2 N–H and O–H groups in total. The summed E-state index contributed by atoms with van der Waals surface area (Å²) in [6.45, 7) is 1.77. The Morgan fingerprint density at radius 3 is 2.22 bits per heavy atom. The zero-order valence-electron chi connectivity index (χ0n) is 14.8. The molecule has 1 aromatic heterocycles. The Bertz CT molecular complexity index is 1110. The number of hydrazine groups is 1. The van der Waals surface area contributed by atoms with Gasteiger partial charge in [-0.1, -0.05) is 30.3 Å². The fourth-order valence-electron chi connectivity index (χ4n) is 2.69. The van der Waals surface area contributed by atoms with E-state index in [0.29, 0.717) is 16.7 Å². The Balaban J connectivity index is 1.66. The smallest absolute Gasteiger partial charge is 0.305 e. The summed E-state index contributed by atoms with van der Waals surface area (Å²) in [4.78, 5) is 24.5. The van der Waals surface area contributed by atoms with Crippen molar-refractivity contribution in [2.75, 3.05) is 6.26 Å². The molecule has 0 aliphatic carbocycles. The van der Waals surface area contributed by atoms with Crippen molar-refractivity contribution >= 4 is 32.6 Å². The third-order valence-corrected chi connectivity index (χ3v) is 4.84. The fourth-order valence-corrected chi connectivity index (χ4v) is 3.49. The maximum absolute atomic E-state index is 12.3. The van der Waals surface area contributed by atoms with E-state index < -0.39 is 21.7 Å². The molecule has 7 nitrogen and oxygen atoms in total. The third kappa shape index (κ3) is 4.35. The second-order valence-corrected chi connectivity index (χ2v) is 8.37. The van der Waals surface area contributed by atoms with Crippen molar-refractivity contribution in [2.45, 2.75) is 12.7 Å². The van der Waals surface area contributed by atoms with Crippen molar-refractivity contribution in [3.63, 3.8) is 0 Å². The van der Waals surface area contributed by atoms with E-state index in [9.17, 15) is 18.0 Å². The third-order valence-electron chi connectivity index (χ3n) is 3.98. The maximum Gasteiger partial charge on any atom is 0.305 e. The lowest BCUT2D eigenvalue weighted by Crippen LogP contribution is -2.41. The number of carbonyl (C=O) groups excluding carboxylic acids is 2. The summed E-state index contributed by atoms with van der Waals surface area (Å²) in [6, 6.07) is 13.4. The number of carbonyl (C=O) groups is 2. The molecular formula is C19H18N2O5S. The highest BCUT2D eigenvalue weighted by Gasteiger charge is 2.18. The van der Waals surface area contributed by atoms with Gasteiger partial charge in [0.05, 0.1) is 5.75 Å². The second-order valence-electron chi connectivity index (χ2n) is 6.23. The molecule has 0 unspecified atom stereocenters. The number of fused-ring (bicyclic) bond motifs is 1. The average molecular weight is 386 g/mol. The molecule has 0 saturated heterocycles. The molecule has 0 fully saturated rings. The van der Waals surface area contributed by atoms with Gasteiger partial charge in [0.1, 0.15) is 5.58 Å². The molecule has 2 amide bonds. The number of hydrogen-bond donors (Lipinski definition) is 2. The minimum atomic E-state index is -3.15. The van der Waals surface area contributed by atoms with E-state index in [0.717, 1.165) is 11.6 Å². The van der Waals surface area contributed by atoms with Crippen LogP contribution in [-0.2, 0) is 15.6 Å². The first kappa shape index (κ1) is 18.7. The molecule has 0 atom stereocenters. The second kappa shape index (κ2) is 7.24. The monoisotopic (exact) mass is 386 g/mol. The maximum atomic E-state index is 12.3. The quantitative estimate of drug-likeness (QED) is 0.670. The molecule has 2 aromatic carbocycles. The van der Waals surface area contributed by atoms with Crippen LogP contribution < -0.4 is 10.9 Å². The van der Waals surface area contributed by atoms with Crippen molar-refractivity contribution in [1.82, 2.24) is 10.9 Å². The molecule has 0 saturated carbocycles. The highest BCUT2D eigenvalue weighted by Crippen LogP contribution is 2.24. The van der Waals surface area contributed by atoms with Gasteiger partial charge in [-0.3, -0.25) is 20.4 Å². The standard InChI is InChI=1S/C19H18N2O5S/c1-12-15-5-3-4-6-16(15)26-17(12)19(23)21-20-18(22)14-9-7-13(8-10-14)11-27(2,24)25/h3-10H,11H2,1-2H3,(H,20,22)(H,21,23). The zero-order chi connectivity index (χ0) is 19.6. The van der Waals surface area contributed by atoms with Gasteiger partial charge in [0, 0.05) is 22.8 Å². The Morgan fingerprint density at radius 2 is 1.59 bits per heavy atom. The fraction of sp³-hybridized carbons (Fsp3) is 0.158. The summed E-state index contributed by atoms with van der Waals surface area (Å²) in [6.07, 6.45) is 1.14. The van der Waals surface area contributed by atoms with Gasteiger partial charge in [-0.15, -0.1) is 0 Å². The van der Waals surface area contributed by atoms with Gasteiger partial charge in [-0.2, -0.15) is 0 Å². The van der Waals surface area contributed by atoms with Crippen LogP contribution in [0.5, 0.6) is 0 Å². The van der Waals surface area contributed by atoms with Crippen molar-refractivity contribution in [2.24, 2.45) is 0 Å². The summed E-state index contributed by atoms with van der Waals surface area (Å²) < 4.78 is 28.1. The van der Waals surface area contributed by atoms with Crippen molar-refractivity contribution in [1.29, 1.82) is 0 Å². The summed E-state index contributed by atoms with van der Waals surface area (Å²) in [5, 5.41) is 0.829. The van der Waals surface area contributed by atoms with Gasteiger partial charge in [0.15, 0.2) is 15.6 Å². The van der Waals surface area contributed by atoms with Crippen LogP contribution in [-0.4, -0.2) is 26.5 Å². The Kier molecular flexibility index (Phi) is 5.00. The number of benzene rings is 2. The van der Waals surface area contributed by atoms with Crippen LogP contribution in [0.15, 0.2) is 52.9 Å². The number of nitrogens with one attached hydrogen (secondary N) is 2. The van der Waals surface area contributed by atoms with Gasteiger partial charge in [0.25, 0.3) is 5.91 Å². The summed E-state index contributed by atoms with van der Waals surface area (Å²) in [7, 11) is -3.15. The minimum Gasteiger partial charge on any atom is -0.451 e.